The van der Waals surface area contributed by atoms with Crippen LogP contribution in [0.1, 0.15) is 5.56 Å². The largest absolute Gasteiger partial charge is 0.464 e. The summed E-state index contributed by atoms with van der Waals surface area (Å²) >= 11 is 6.03. The standard InChI is InChI=1S/C15H11ClO/c1-10-7-12-5-6-17-15(12)14(8-10)11-3-2-4-13(16)9-11/h2-9H,1H3. The minimum absolute atomic E-state index is 0.740. The van der Waals surface area contributed by atoms with Gasteiger partial charge < -0.3 is 4.42 Å². The molecule has 1 heterocycles. The van der Waals surface area contributed by atoms with Gasteiger partial charge in [0.15, 0.2) is 0 Å². The molecule has 3 rings (SSSR count). The minimum Gasteiger partial charge on any atom is -0.464 e. The average molecular weight is 243 g/mol. The summed E-state index contributed by atoms with van der Waals surface area (Å²) < 4.78 is 5.56. The summed E-state index contributed by atoms with van der Waals surface area (Å²) in [4.78, 5) is 0. The van der Waals surface area contributed by atoms with Crippen molar-refractivity contribution in [3.05, 3.63) is 59.3 Å². The Morgan fingerprint density at radius 3 is 2.76 bits per heavy atom. The van der Waals surface area contributed by atoms with Gasteiger partial charge in [0.2, 0.25) is 0 Å². The third-order valence-electron chi connectivity index (χ3n) is 2.83. The van der Waals surface area contributed by atoms with Crippen LogP contribution in [0.25, 0.3) is 22.1 Å². The predicted octanol–water partition coefficient (Wildman–Crippen LogP) is 5.06. The molecule has 0 aliphatic heterocycles. The van der Waals surface area contributed by atoms with Gasteiger partial charge in [-0.1, -0.05) is 23.7 Å². The number of halogens is 1. The lowest BCUT2D eigenvalue weighted by Gasteiger charge is -2.05. The second kappa shape index (κ2) is 3.94. The van der Waals surface area contributed by atoms with E-state index in [-0.39, 0.29) is 0 Å². The monoisotopic (exact) mass is 242 g/mol. The Labute approximate surface area is 105 Å². The maximum absolute atomic E-state index is 6.03. The Hall–Kier alpha value is -1.73. The van der Waals surface area contributed by atoms with Gasteiger partial charge in [-0.05, 0) is 48.4 Å². The number of hydrogen-bond acceptors (Lipinski definition) is 1. The molecule has 3 aromatic rings. The fraction of sp³-hybridized carbons (Fsp3) is 0.0667. The van der Waals surface area contributed by atoms with Crippen LogP contribution in [0.2, 0.25) is 5.02 Å². The molecule has 84 valence electrons. The molecular formula is C15H11ClO. The molecule has 0 aliphatic carbocycles. The molecule has 0 atom stereocenters. The van der Waals surface area contributed by atoms with E-state index in [0.717, 1.165) is 27.1 Å². The van der Waals surface area contributed by atoms with E-state index < -0.39 is 0 Å². The molecule has 0 N–H and O–H groups in total. The highest BCUT2D eigenvalue weighted by molar-refractivity contribution is 6.30. The van der Waals surface area contributed by atoms with E-state index in [1.54, 1.807) is 6.26 Å². The van der Waals surface area contributed by atoms with Gasteiger partial charge in [0.25, 0.3) is 0 Å². The second-order valence-corrected chi connectivity index (χ2v) is 4.60. The number of hydrogen-bond donors (Lipinski definition) is 0. The first-order valence-electron chi connectivity index (χ1n) is 5.48. The first-order chi connectivity index (χ1) is 8.24. The molecule has 0 saturated carbocycles. The summed E-state index contributed by atoms with van der Waals surface area (Å²) in [5.74, 6) is 0. The topological polar surface area (TPSA) is 13.1 Å². The summed E-state index contributed by atoms with van der Waals surface area (Å²) in [6, 6.07) is 14.1. The average Bonchev–Trinajstić information content (AvgIpc) is 2.75. The van der Waals surface area contributed by atoms with Crippen LogP contribution >= 0.6 is 11.6 Å². The molecule has 0 bridgehead atoms. The first-order valence-corrected chi connectivity index (χ1v) is 5.85. The van der Waals surface area contributed by atoms with Crippen molar-refractivity contribution >= 4 is 22.6 Å². The first kappa shape index (κ1) is 10.4. The van der Waals surface area contributed by atoms with Crippen LogP contribution in [-0.4, -0.2) is 0 Å². The predicted molar refractivity (Wildman–Crippen MR) is 71.4 cm³/mol. The van der Waals surface area contributed by atoms with E-state index >= 15 is 0 Å². The van der Waals surface area contributed by atoms with Gasteiger partial charge in [-0.2, -0.15) is 0 Å². The van der Waals surface area contributed by atoms with Crippen molar-refractivity contribution < 1.29 is 4.42 Å². The maximum atomic E-state index is 6.03. The van der Waals surface area contributed by atoms with Crippen LogP contribution in [0, 0.1) is 6.92 Å². The Balaban J connectivity index is 2.32. The van der Waals surface area contributed by atoms with Gasteiger partial charge in [-0.3, -0.25) is 0 Å². The molecule has 0 aliphatic rings. The van der Waals surface area contributed by atoms with E-state index in [0.29, 0.717) is 0 Å². The van der Waals surface area contributed by atoms with E-state index in [1.165, 1.54) is 5.56 Å². The Morgan fingerprint density at radius 2 is 1.94 bits per heavy atom. The van der Waals surface area contributed by atoms with Crippen molar-refractivity contribution in [2.24, 2.45) is 0 Å². The molecule has 0 amide bonds. The quantitative estimate of drug-likeness (QED) is 0.581. The molecule has 0 radical (unpaired) electrons. The Morgan fingerprint density at radius 1 is 1.06 bits per heavy atom. The molecule has 2 aromatic carbocycles. The highest BCUT2D eigenvalue weighted by atomic mass is 35.5. The minimum atomic E-state index is 0.740. The summed E-state index contributed by atoms with van der Waals surface area (Å²) in [6.07, 6.45) is 1.72. The molecule has 17 heavy (non-hydrogen) atoms. The Kier molecular flexibility index (Phi) is 2.41. The van der Waals surface area contributed by atoms with Crippen LogP contribution in [0.5, 0.6) is 0 Å². The van der Waals surface area contributed by atoms with E-state index in [1.807, 2.05) is 30.3 Å². The van der Waals surface area contributed by atoms with Crippen molar-refractivity contribution in [1.29, 1.82) is 0 Å². The fourth-order valence-electron chi connectivity index (χ4n) is 2.10. The lowest BCUT2D eigenvalue weighted by atomic mass is 10.0. The summed E-state index contributed by atoms with van der Waals surface area (Å²) in [5, 5.41) is 1.86. The van der Waals surface area contributed by atoms with E-state index in [2.05, 4.69) is 19.1 Å². The number of aryl methyl sites for hydroxylation is 1. The summed E-state index contributed by atoms with van der Waals surface area (Å²) in [7, 11) is 0. The van der Waals surface area contributed by atoms with Crippen molar-refractivity contribution in [1.82, 2.24) is 0 Å². The molecule has 0 fully saturated rings. The van der Waals surface area contributed by atoms with Crippen LogP contribution < -0.4 is 0 Å². The van der Waals surface area contributed by atoms with E-state index in [9.17, 15) is 0 Å². The van der Waals surface area contributed by atoms with Gasteiger partial charge in [0.05, 0.1) is 6.26 Å². The van der Waals surface area contributed by atoms with Crippen LogP contribution in [0.15, 0.2) is 53.1 Å². The normalized spacial score (nSPS) is 10.9. The zero-order valence-electron chi connectivity index (χ0n) is 9.41. The molecule has 2 heteroatoms. The highest BCUT2D eigenvalue weighted by Crippen LogP contribution is 2.31. The maximum Gasteiger partial charge on any atom is 0.141 e. The molecule has 1 aromatic heterocycles. The van der Waals surface area contributed by atoms with Crippen molar-refractivity contribution in [2.75, 3.05) is 0 Å². The summed E-state index contributed by atoms with van der Waals surface area (Å²) in [6.45, 7) is 2.08. The van der Waals surface area contributed by atoms with Crippen molar-refractivity contribution in [2.45, 2.75) is 6.92 Å². The van der Waals surface area contributed by atoms with Crippen LogP contribution in [0.4, 0.5) is 0 Å². The fourth-order valence-corrected chi connectivity index (χ4v) is 2.29. The van der Waals surface area contributed by atoms with Crippen molar-refractivity contribution in [3.8, 4) is 11.1 Å². The smallest absolute Gasteiger partial charge is 0.141 e. The van der Waals surface area contributed by atoms with Gasteiger partial charge in [-0.25, -0.2) is 0 Å². The third-order valence-corrected chi connectivity index (χ3v) is 3.07. The molecular weight excluding hydrogens is 232 g/mol. The summed E-state index contributed by atoms with van der Waals surface area (Å²) in [5.41, 5.74) is 4.31. The second-order valence-electron chi connectivity index (χ2n) is 4.16. The van der Waals surface area contributed by atoms with Crippen LogP contribution in [0.3, 0.4) is 0 Å². The highest BCUT2D eigenvalue weighted by Gasteiger charge is 2.08. The number of benzene rings is 2. The third kappa shape index (κ3) is 1.83. The Bertz CT molecular complexity index is 682. The molecule has 0 unspecified atom stereocenters. The number of rotatable bonds is 1. The zero-order chi connectivity index (χ0) is 11.8. The van der Waals surface area contributed by atoms with Crippen molar-refractivity contribution in [3.63, 3.8) is 0 Å². The van der Waals surface area contributed by atoms with Gasteiger partial charge in [0, 0.05) is 16.0 Å². The lowest BCUT2D eigenvalue weighted by Crippen LogP contribution is -1.81. The van der Waals surface area contributed by atoms with Crippen LogP contribution in [-0.2, 0) is 0 Å². The molecule has 0 saturated heterocycles. The zero-order valence-corrected chi connectivity index (χ0v) is 10.2. The molecule has 1 nitrogen and oxygen atoms in total. The number of fused-ring (bicyclic) bond motifs is 1. The van der Waals surface area contributed by atoms with E-state index in [4.69, 9.17) is 16.0 Å². The van der Waals surface area contributed by atoms with Gasteiger partial charge in [-0.15, -0.1) is 0 Å². The van der Waals surface area contributed by atoms with Gasteiger partial charge in [0.1, 0.15) is 5.58 Å². The number of furan rings is 1. The lowest BCUT2D eigenvalue weighted by molar-refractivity contribution is 0.617. The van der Waals surface area contributed by atoms with Gasteiger partial charge >= 0.3 is 0 Å². The SMILES string of the molecule is Cc1cc(-c2cccc(Cl)c2)c2occc2c1. The molecule has 0 spiro atoms.